The quantitative estimate of drug-likeness (QED) is 0.783. The molecule has 4 heteroatoms. The summed E-state index contributed by atoms with van der Waals surface area (Å²) in [6.45, 7) is 6.65. The van der Waals surface area contributed by atoms with Crippen LogP contribution >= 0.6 is 0 Å². The normalized spacial score (nSPS) is 19.7. The van der Waals surface area contributed by atoms with Crippen molar-refractivity contribution in [3.05, 3.63) is 65.7 Å². The summed E-state index contributed by atoms with van der Waals surface area (Å²) in [5, 5.41) is 6.69. The van der Waals surface area contributed by atoms with Crippen molar-refractivity contribution >= 4 is 5.91 Å². The van der Waals surface area contributed by atoms with E-state index in [2.05, 4.69) is 34.9 Å². The molecule has 144 valence electrons. The van der Waals surface area contributed by atoms with Crippen molar-refractivity contribution in [3.8, 4) is 5.75 Å². The minimum absolute atomic E-state index is 0.0240. The molecule has 2 N–H and O–H groups in total. The van der Waals surface area contributed by atoms with Crippen molar-refractivity contribution in [2.75, 3.05) is 19.6 Å². The Bertz CT molecular complexity index is 720. The predicted molar refractivity (Wildman–Crippen MR) is 109 cm³/mol. The number of hydrogen-bond acceptors (Lipinski definition) is 3. The third-order valence-corrected chi connectivity index (χ3v) is 5.09. The minimum atomic E-state index is -0.0240. The zero-order chi connectivity index (χ0) is 19.1. The molecule has 1 amide bonds. The molecule has 2 aromatic rings. The molecule has 0 spiro atoms. The van der Waals surface area contributed by atoms with Crippen LogP contribution in [0.5, 0.6) is 5.75 Å². The van der Waals surface area contributed by atoms with Crippen molar-refractivity contribution in [2.24, 2.45) is 5.41 Å². The average Bonchev–Trinajstić information content (AvgIpc) is 2.68. The highest BCUT2D eigenvalue weighted by molar-refractivity contribution is 5.94. The number of amides is 1. The van der Waals surface area contributed by atoms with Crippen LogP contribution in [0.2, 0.25) is 0 Å². The van der Waals surface area contributed by atoms with E-state index in [0.29, 0.717) is 12.1 Å². The summed E-state index contributed by atoms with van der Waals surface area (Å²) in [7, 11) is 0. The summed E-state index contributed by atoms with van der Waals surface area (Å²) < 4.78 is 5.65. The Morgan fingerprint density at radius 1 is 1.15 bits per heavy atom. The van der Waals surface area contributed by atoms with Gasteiger partial charge in [0.25, 0.3) is 5.91 Å². The van der Waals surface area contributed by atoms with E-state index >= 15 is 0 Å². The molecule has 27 heavy (non-hydrogen) atoms. The summed E-state index contributed by atoms with van der Waals surface area (Å²) in [5.74, 6) is 0.766. The highest BCUT2D eigenvalue weighted by atomic mass is 16.5. The average molecular weight is 367 g/mol. The van der Waals surface area contributed by atoms with Gasteiger partial charge < -0.3 is 15.4 Å². The zero-order valence-corrected chi connectivity index (χ0v) is 16.3. The van der Waals surface area contributed by atoms with Gasteiger partial charge in [0.2, 0.25) is 0 Å². The second-order valence-electron chi connectivity index (χ2n) is 7.82. The van der Waals surface area contributed by atoms with Gasteiger partial charge >= 0.3 is 0 Å². The highest BCUT2D eigenvalue weighted by Crippen LogP contribution is 2.30. The monoisotopic (exact) mass is 366 g/mol. The Labute approximate surface area is 162 Å². The molecule has 1 heterocycles. The lowest BCUT2D eigenvalue weighted by Gasteiger charge is -2.38. The second-order valence-corrected chi connectivity index (χ2v) is 7.82. The number of hydrogen-bond donors (Lipinski definition) is 2. The summed E-state index contributed by atoms with van der Waals surface area (Å²) in [5.41, 5.74) is 2.06. The van der Waals surface area contributed by atoms with Gasteiger partial charge in [0.1, 0.15) is 5.75 Å². The molecule has 0 radical (unpaired) electrons. The van der Waals surface area contributed by atoms with Crippen molar-refractivity contribution in [2.45, 2.75) is 39.2 Å². The molecular formula is C23H30N2O2. The van der Waals surface area contributed by atoms with Gasteiger partial charge in [-0.2, -0.15) is 0 Å². The number of rotatable bonds is 7. The second kappa shape index (κ2) is 9.05. The van der Waals surface area contributed by atoms with Crippen molar-refractivity contribution in [3.63, 3.8) is 0 Å². The maximum absolute atomic E-state index is 12.6. The Kier molecular flexibility index (Phi) is 6.51. The Hall–Kier alpha value is -2.33. The van der Waals surface area contributed by atoms with E-state index in [9.17, 15) is 4.79 Å². The van der Waals surface area contributed by atoms with E-state index < -0.39 is 0 Å². The van der Waals surface area contributed by atoms with Crippen LogP contribution < -0.4 is 15.4 Å². The molecule has 1 fully saturated rings. The zero-order valence-electron chi connectivity index (χ0n) is 16.3. The Balaban J connectivity index is 1.63. The number of ether oxygens (including phenoxy) is 1. The van der Waals surface area contributed by atoms with Gasteiger partial charge in [-0.05, 0) is 69.5 Å². The maximum Gasteiger partial charge on any atom is 0.251 e. The van der Waals surface area contributed by atoms with E-state index in [1.54, 1.807) is 0 Å². The fourth-order valence-electron chi connectivity index (χ4n) is 3.75. The van der Waals surface area contributed by atoms with Crippen molar-refractivity contribution in [1.29, 1.82) is 0 Å². The predicted octanol–water partition coefficient (Wildman–Crippen LogP) is 3.82. The van der Waals surface area contributed by atoms with Gasteiger partial charge in [0.15, 0.2) is 0 Å². The fraction of sp³-hybridized carbons (Fsp3) is 0.435. The van der Waals surface area contributed by atoms with Crippen LogP contribution in [-0.2, 0) is 6.42 Å². The smallest absolute Gasteiger partial charge is 0.251 e. The van der Waals surface area contributed by atoms with Gasteiger partial charge in [-0.1, -0.05) is 30.3 Å². The van der Waals surface area contributed by atoms with Gasteiger partial charge in [-0.25, -0.2) is 0 Å². The van der Waals surface area contributed by atoms with E-state index in [-0.39, 0.29) is 17.4 Å². The minimum Gasteiger partial charge on any atom is -0.491 e. The van der Waals surface area contributed by atoms with E-state index in [4.69, 9.17) is 4.74 Å². The number of carbonyl (C=O) groups is 1. The number of nitrogens with one attached hydrogen (secondary N) is 2. The lowest BCUT2D eigenvalue weighted by molar-refractivity contribution is 0.0916. The van der Waals surface area contributed by atoms with Gasteiger partial charge in [-0.3, -0.25) is 4.79 Å². The summed E-state index contributed by atoms with van der Waals surface area (Å²) >= 11 is 0. The lowest BCUT2D eigenvalue weighted by Crippen LogP contribution is -2.48. The molecule has 0 aliphatic carbocycles. The molecule has 0 bridgehead atoms. The van der Waals surface area contributed by atoms with Crippen LogP contribution in [0.3, 0.4) is 0 Å². The molecule has 3 rings (SSSR count). The third-order valence-electron chi connectivity index (χ3n) is 5.09. The summed E-state index contributed by atoms with van der Waals surface area (Å²) in [6, 6.07) is 17.9. The maximum atomic E-state index is 12.6. The third kappa shape index (κ3) is 5.57. The number of benzene rings is 2. The fourth-order valence-corrected chi connectivity index (χ4v) is 3.75. The first kappa shape index (κ1) is 19.4. The van der Waals surface area contributed by atoms with Crippen LogP contribution in [0.4, 0.5) is 0 Å². The SMILES string of the molecule is CC(C)Oc1ccc(C(=O)NCC2(Cc3ccccc3)CCCNC2)cc1. The summed E-state index contributed by atoms with van der Waals surface area (Å²) in [4.78, 5) is 12.6. The molecule has 1 aliphatic heterocycles. The molecule has 0 saturated carbocycles. The van der Waals surface area contributed by atoms with E-state index in [1.165, 1.54) is 5.56 Å². The number of carbonyl (C=O) groups excluding carboxylic acids is 1. The van der Waals surface area contributed by atoms with E-state index in [1.807, 2.05) is 44.2 Å². The first-order valence-electron chi connectivity index (χ1n) is 9.86. The Morgan fingerprint density at radius 2 is 1.89 bits per heavy atom. The van der Waals surface area contributed by atoms with Crippen molar-refractivity contribution in [1.82, 2.24) is 10.6 Å². The molecule has 1 saturated heterocycles. The molecule has 4 nitrogen and oxygen atoms in total. The van der Waals surface area contributed by atoms with Crippen LogP contribution in [0, 0.1) is 5.41 Å². The molecule has 1 atom stereocenters. The first-order valence-corrected chi connectivity index (χ1v) is 9.86. The molecule has 1 unspecified atom stereocenters. The van der Waals surface area contributed by atoms with Gasteiger partial charge in [0.05, 0.1) is 6.10 Å². The first-order chi connectivity index (χ1) is 13.1. The molecule has 0 aromatic heterocycles. The molecule has 1 aliphatic rings. The lowest BCUT2D eigenvalue weighted by atomic mass is 9.75. The van der Waals surface area contributed by atoms with Crippen LogP contribution in [0.25, 0.3) is 0 Å². The summed E-state index contributed by atoms with van der Waals surface area (Å²) in [6.07, 6.45) is 3.36. The van der Waals surface area contributed by atoms with Crippen molar-refractivity contribution < 1.29 is 9.53 Å². The highest BCUT2D eigenvalue weighted by Gasteiger charge is 2.32. The topological polar surface area (TPSA) is 50.4 Å². The van der Waals surface area contributed by atoms with Crippen LogP contribution in [0.15, 0.2) is 54.6 Å². The largest absolute Gasteiger partial charge is 0.491 e. The van der Waals surface area contributed by atoms with Crippen LogP contribution in [-0.4, -0.2) is 31.6 Å². The standard InChI is InChI=1S/C23H30N2O2/c1-18(2)27-21-11-9-20(10-12-21)22(26)25-17-23(13-6-14-24-16-23)15-19-7-4-3-5-8-19/h3-5,7-12,18,24H,6,13-17H2,1-2H3,(H,25,26). The van der Waals surface area contributed by atoms with Gasteiger partial charge in [0, 0.05) is 24.1 Å². The van der Waals surface area contributed by atoms with E-state index in [0.717, 1.165) is 38.1 Å². The Morgan fingerprint density at radius 3 is 2.52 bits per heavy atom. The van der Waals surface area contributed by atoms with Gasteiger partial charge in [-0.15, -0.1) is 0 Å². The number of piperidine rings is 1. The molecular weight excluding hydrogens is 336 g/mol. The van der Waals surface area contributed by atoms with Crippen LogP contribution in [0.1, 0.15) is 42.6 Å². The molecule has 2 aromatic carbocycles.